The standard InChI is InChI=1S/C28H21F3O5/c1-16-5-8-19(9-6-16)10-13-24(32)34-20-11-12-21-23(15-20)36-27(28(29,30)31)26(25(21)33)35-22-14-17(2)4-7-18(22)3/h4-15H,1-3H3. The van der Waals surface area contributed by atoms with Gasteiger partial charge in [0.1, 0.15) is 17.1 Å². The quantitative estimate of drug-likeness (QED) is 0.168. The molecule has 0 radical (unpaired) electrons. The lowest BCUT2D eigenvalue weighted by atomic mass is 10.1. The minimum absolute atomic E-state index is 0.0828. The van der Waals surface area contributed by atoms with Gasteiger partial charge in [0.25, 0.3) is 5.76 Å². The number of hydrogen-bond acceptors (Lipinski definition) is 5. The first-order valence-electron chi connectivity index (χ1n) is 10.9. The van der Waals surface area contributed by atoms with Crippen LogP contribution in [0.4, 0.5) is 13.2 Å². The normalized spacial score (nSPS) is 11.7. The van der Waals surface area contributed by atoms with E-state index in [4.69, 9.17) is 13.9 Å². The van der Waals surface area contributed by atoms with Crippen molar-refractivity contribution in [1.82, 2.24) is 0 Å². The largest absolute Gasteiger partial charge is 0.453 e. The number of ether oxygens (including phenoxy) is 2. The van der Waals surface area contributed by atoms with Crippen LogP contribution in [0.3, 0.4) is 0 Å². The average Bonchev–Trinajstić information content (AvgIpc) is 2.82. The monoisotopic (exact) mass is 494 g/mol. The van der Waals surface area contributed by atoms with E-state index in [9.17, 15) is 22.8 Å². The number of esters is 1. The minimum Gasteiger partial charge on any atom is -0.449 e. The summed E-state index contributed by atoms with van der Waals surface area (Å²) in [5, 5.41) is -0.154. The first-order chi connectivity index (χ1) is 17.0. The zero-order valence-corrected chi connectivity index (χ0v) is 19.6. The fourth-order valence-electron chi connectivity index (χ4n) is 3.42. The van der Waals surface area contributed by atoms with E-state index >= 15 is 0 Å². The molecule has 0 fully saturated rings. The number of hydrogen-bond donors (Lipinski definition) is 0. The molecule has 4 aromatic rings. The van der Waals surface area contributed by atoms with Gasteiger partial charge in [-0.1, -0.05) is 42.0 Å². The van der Waals surface area contributed by atoms with Crippen LogP contribution in [-0.2, 0) is 11.0 Å². The SMILES string of the molecule is Cc1ccc(C=CC(=O)Oc2ccc3c(=O)c(Oc4cc(C)ccc4C)c(C(F)(F)F)oc3c2)cc1. The van der Waals surface area contributed by atoms with Gasteiger partial charge in [0.2, 0.25) is 11.2 Å². The van der Waals surface area contributed by atoms with E-state index in [0.717, 1.165) is 22.8 Å². The van der Waals surface area contributed by atoms with Gasteiger partial charge in [0.05, 0.1) is 5.39 Å². The predicted octanol–water partition coefficient (Wildman–Crippen LogP) is 7.15. The molecular weight excluding hydrogens is 473 g/mol. The molecule has 0 N–H and O–H groups in total. The molecule has 0 spiro atoms. The van der Waals surface area contributed by atoms with Gasteiger partial charge in [-0.2, -0.15) is 13.2 Å². The molecule has 1 aromatic heterocycles. The minimum atomic E-state index is -5.01. The first-order valence-corrected chi connectivity index (χ1v) is 10.9. The molecule has 0 bridgehead atoms. The van der Waals surface area contributed by atoms with Gasteiger partial charge < -0.3 is 13.9 Å². The molecule has 3 aromatic carbocycles. The Morgan fingerprint density at radius 3 is 2.31 bits per heavy atom. The Morgan fingerprint density at radius 1 is 0.917 bits per heavy atom. The number of carbonyl (C=O) groups excluding carboxylic acids is 1. The number of alkyl halides is 3. The van der Waals surface area contributed by atoms with Crippen LogP contribution in [0.2, 0.25) is 0 Å². The summed E-state index contributed by atoms with van der Waals surface area (Å²) in [6.45, 7) is 5.33. The van der Waals surface area contributed by atoms with Gasteiger partial charge in [-0.05, 0) is 61.7 Å². The fourth-order valence-corrected chi connectivity index (χ4v) is 3.42. The number of halogens is 3. The van der Waals surface area contributed by atoms with E-state index in [1.54, 1.807) is 32.1 Å². The third kappa shape index (κ3) is 5.49. The molecule has 0 aliphatic carbocycles. The summed E-state index contributed by atoms with van der Waals surface area (Å²) < 4.78 is 57.2. The van der Waals surface area contributed by atoms with Crippen molar-refractivity contribution in [2.75, 3.05) is 0 Å². The van der Waals surface area contributed by atoms with E-state index < -0.39 is 34.7 Å². The van der Waals surface area contributed by atoms with Crippen LogP contribution in [0.5, 0.6) is 17.2 Å². The second-order valence-electron chi connectivity index (χ2n) is 8.28. The molecule has 4 rings (SSSR count). The summed E-state index contributed by atoms with van der Waals surface area (Å²) in [4.78, 5) is 25.2. The van der Waals surface area contributed by atoms with E-state index in [1.807, 2.05) is 31.2 Å². The Hall–Kier alpha value is -4.33. The first kappa shape index (κ1) is 24.8. The van der Waals surface area contributed by atoms with Gasteiger partial charge in [0, 0.05) is 12.1 Å². The molecule has 0 atom stereocenters. The van der Waals surface area contributed by atoms with Crippen LogP contribution >= 0.6 is 0 Å². The van der Waals surface area contributed by atoms with E-state index in [1.165, 1.54) is 24.3 Å². The molecule has 1 heterocycles. The maximum atomic E-state index is 13.8. The van der Waals surface area contributed by atoms with Gasteiger partial charge in [-0.15, -0.1) is 0 Å². The molecule has 36 heavy (non-hydrogen) atoms. The number of aryl methyl sites for hydroxylation is 3. The Kier molecular flexibility index (Phi) is 6.70. The highest BCUT2D eigenvalue weighted by Gasteiger charge is 2.40. The molecule has 0 amide bonds. The number of fused-ring (bicyclic) bond motifs is 1. The fraction of sp³-hybridized carbons (Fsp3) is 0.143. The van der Waals surface area contributed by atoms with Gasteiger partial charge >= 0.3 is 12.1 Å². The zero-order chi connectivity index (χ0) is 26.0. The number of carbonyl (C=O) groups is 1. The summed E-state index contributed by atoms with van der Waals surface area (Å²) in [6, 6.07) is 16.0. The molecule has 0 saturated carbocycles. The van der Waals surface area contributed by atoms with Gasteiger partial charge in [0.15, 0.2) is 0 Å². The smallest absolute Gasteiger partial charge is 0.449 e. The second kappa shape index (κ2) is 9.73. The summed E-state index contributed by atoms with van der Waals surface area (Å²) in [5.74, 6) is -3.26. The second-order valence-corrected chi connectivity index (χ2v) is 8.28. The maximum Gasteiger partial charge on any atom is 0.453 e. The van der Waals surface area contributed by atoms with Crippen LogP contribution in [0.1, 0.15) is 28.0 Å². The van der Waals surface area contributed by atoms with Crippen molar-refractivity contribution in [2.45, 2.75) is 26.9 Å². The van der Waals surface area contributed by atoms with E-state index in [0.29, 0.717) is 5.56 Å². The van der Waals surface area contributed by atoms with Gasteiger partial charge in [-0.3, -0.25) is 4.79 Å². The molecular formula is C28H21F3O5. The van der Waals surface area contributed by atoms with Crippen molar-refractivity contribution in [1.29, 1.82) is 0 Å². The Balaban J connectivity index is 1.68. The highest BCUT2D eigenvalue weighted by atomic mass is 19.4. The highest BCUT2D eigenvalue weighted by Crippen LogP contribution is 2.39. The molecule has 5 nitrogen and oxygen atoms in total. The number of benzene rings is 3. The van der Waals surface area contributed by atoms with Crippen LogP contribution < -0.4 is 14.9 Å². The van der Waals surface area contributed by atoms with Crippen molar-refractivity contribution in [3.05, 3.63) is 105 Å². The zero-order valence-electron chi connectivity index (χ0n) is 19.6. The summed E-state index contributed by atoms with van der Waals surface area (Å²) in [6.07, 6.45) is -2.28. The average molecular weight is 494 g/mol. The van der Waals surface area contributed by atoms with Crippen molar-refractivity contribution >= 4 is 23.0 Å². The molecule has 0 saturated heterocycles. The third-order valence-corrected chi connectivity index (χ3v) is 5.34. The summed E-state index contributed by atoms with van der Waals surface area (Å²) >= 11 is 0. The van der Waals surface area contributed by atoms with Gasteiger partial charge in [-0.25, -0.2) is 4.79 Å². The molecule has 0 unspecified atom stereocenters. The highest BCUT2D eigenvalue weighted by molar-refractivity contribution is 5.89. The third-order valence-electron chi connectivity index (χ3n) is 5.34. The van der Waals surface area contributed by atoms with Crippen LogP contribution in [0.15, 0.2) is 76.0 Å². The van der Waals surface area contributed by atoms with Crippen molar-refractivity contribution in [3.8, 4) is 17.2 Å². The van der Waals surface area contributed by atoms with Crippen molar-refractivity contribution in [3.63, 3.8) is 0 Å². The Bertz CT molecular complexity index is 1530. The van der Waals surface area contributed by atoms with Crippen molar-refractivity contribution < 1.29 is 31.9 Å². The Morgan fingerprint density at radius 2 is 1.61 bits per heavy atom. The Labute approximate surface area is 204 Å². The van der Waals surface area contributed by atoms with E-state index in [-0.39, 0.29) is 16.9 Å². The van der Waals surface area contributed by atoms with Crippen LogP contribution in [0.25, 0.3) is 17.0 Å². The lowest BCUT2D eigenvalue weighted by molar-refractivity contribution is -0.154. The molecule has 184 valence electrons. The van der Waals surface area contributed by atoms with E-state index in [2.05, 4.69) is 0 Å². The lowest BCUT2D eigenvalue weighted by Crippen LogP contribution is -2.16. The van der Waals surface area contributed by atoms with Crippen LogP contribution in [0, 0.1) is 20.8 Å². The van der Waals surface area contributed by atoms with Crippen LogP contribution in [-0.4, -0.2) is 5.97 Å². The van der Waals surface area contributed by atoms with Crippen molar-refractivity contribution in [2.24, 2.45) is 0 Å². The molecule has 0 aliphatic rings. The summed E-state index contributed by atoms with van der Waals surface area (Å²) in [7, 11) is 0. The predicted molar refractivity (Wildman–Crippen MR) is 129 cm³/mol. The molecule has 0 aliphatic heterocycles. The maximum absolute atomic E-state index is 13.8. The lowest BCUT2D eigenvalue weighted by Gasteiger charge is -2.15. The molecule has 8 heteroatoms. The number of rotatable bonds is 5. The topological polar surface area (TPSA) is 65.7 Å². The summed E-state index contributed by atoms with van der Waals surface area (Å²) in [5.41, 5.74) is 1.74.